The van der Waals surface area contributed by atoms with Gasteiger partial charge < -0.3 is 10.3 Å². The van der Waals surface area contributed by atoms with Crippen LogP contribution < -0.4 is 16.2 Å². The zero-order chi connectivity index (χ0) is 13.0. The molecule has 0 aliphatic carbocycles. The lowest BCUT2D eigenvalue weighted by molar-refractivity contribution is 0.0987. The molecule has 0 aliphatic rings. The maximum absolute atomic E-state index is 12.1. The number of hydrogen-bond donors (Lipinski definition) is 2. The third-order valence-corrected chi connectivity index (χ3v) is 2.48. The predicted molar refractivity (Wildman–Crippen MR) is 69.0 cm³/mol. The molecule has 0 unspecified atom stereocenters. The summed E-state index contributed by atoms with van der Waals surface area (Å²) in [4.78, 5) is 13.6. The maximum Gasteiger partial charge on any atom is 0.278 e. The summed E-state index contributed by atoms with van der Waals surface area (Å²) in [6, 6.07) is 12.5. The fourth-order valence-corrected chi connectivity index (χ4v) is 1.46. The number of hydrogen-bond acceptors (Lipinski definition) is 5. The zero-order valence-electron chi connectivity index (χ0n) is 9.87. The number of nitrogens with two attached hydrogens (primary N) is 1. The number of rotatable bonds is 3. The topological polar surface area (TPSA) is 84.1 Å². The number of aromatic nitrogens is 2. The fraction of sp³-hybridized carbons (Fsp3) is 0.0833. The molecular weight excluding hydrogens is 230 g/mol. The average molecular weight is 243 g/mol. The number of nitrogen functional groups attached to an aromatic ring is 1. The Balaban J connectivity index is 2.20. The average Bonchev–Trinajstić information content (AvgIpc) is 2.47. The highest BCUT2D eigenvalue weighted by Crippen LogP contribution is 2.13. The first-order valence-electron chi connectivity index (χ1n) is 5.36. The zero-order valence-corrected chi connectivity index (χ0v) is 9.87. The lowest BCUT2D eigenvalue weighted by Gasteiger charge is -2.16. The van der Waals surface area contributed by atoms with E-state index in [1.165, 1.54) is 4.90 Å². The molecule has 0 spiro atoms. The minimum atomic E-state index is -0.225. The number of nitrogens with zero attached hydrogens (tertiary/aromatic N) is 3. The van der Waals surface area contributed by atoms with Crippen LogP contribution in [0.4, 0.5) is 11.5 Å². The number of hydrazine groups is 1. The van der Waals surface area contributed by atoms with Crippen molar-refractivity contribution in [2.45, 2.75) is 0 Å². The van der Waals surface area contributed by atoms with Crippen LogP contribution in [0.2, 0.25) is 0 Å². The van der Waals surface area contributed by atoms with Crippen molar-refractivity contribution in [3.8, 4) is 0 Å². The standard InChI is InChI=1S/C12H13N5O/c1-17(9-5-3-2-4-6-9)12(18)10-7-8-11(14-13)16-15-10/h2-8H,13H2,1H3,(H,14,16). The van der Waals surface area contributed by atoms with E-state index in [1.807, 2.05) is 30.3 Å². The van der Waals surface area contributed by atoms with Gasteiger partial charge in [0.1, 0.15) is 0 Å². The van der Waals surface area contributed by atoms with Gasteiger partial charge >= 0.3 is 0 Å². The van der Waals surface area contributed by atoms with E-state index < -0.39 is 0 Å². The van der Waals surface area contributed by atoms with Gasteiger partial charge in [0.25, 0.3) is 5.91 Å². The number of carbonyl (C=O) groups is 1. The molecule has 0 fully saturated rings. The second kappa shape index (κ2) is 5.24. The van der Waals surface area contributed by atoms with Crippen LogP contribution in [0.25, 0.3) is 0 Å². The van der Waals surface area contributed by atoms with Crippen LogP contribution in [-0.2, 0) is 0 Å². The van der Waals surface area contributed by atoms with Gasteiger partial charge in [-0.1, -0.05) is 18.2 Å². The van der Waals surface area contributed by atoms with Crippen LogP contribution in [0.1, 0.15) is 10.5 Å². The molecule has 18 heavy (non-hydrogen) atoms. The second-order valence-corrected chi connectivity index (χ2v) is 3.65. The van der Waals surface area contributed by atoms with Crippen LogP contribution in [0.5, 0.6) is 0 Å². The Hall–Kier alpha value is -2.47. The van der Waals surface area contributed by atoms with E-state index in [4.69, 9.17) is 5.84 Å². The van der Waals surface area contributed by atoms with Gasteiger partial charge in [0.05, 0.1) is 0 Å². The fourth-order valence-electron chi connectivity index (χ4n) is 1.46. The molecule has 1 aromatic carbocycles. The van der Waals surface area contributed by atoms with Crippen LogP contribution in [0, 0.1) is 0 Å². The largest absolute Gasteiger partial charge is 0.310 e. The summed E-state index contributed by atoms with van der Waals surface area (Å²) in [5.74, 6) is 5.37. The molecule has 0 bridgehead atoms. The van der Waals surface area contributed by atoms with E-state index in [9.17, 15) is 4.79 Å². The van der Waals surface area contributed by atoms with Gasteiger partial charge in [0.2, 0.25) is 0 Å². The molecule has 6 heteroatoms. The SMILES string of the molecule is CN(C(=O)c1ccc(NN)nn1)c1ccccc1. The molecule has 1 aromatic heterocycles. The molecule has 0 saturated heterocycles. The Morgan fingerprint density at radius 3 is 2.44 bits per heavy atom. The lowest BCUT2D eigenvalue weighted by atomic mass is 10.2. The van der Waals surface area contributed by atoms with Crippen molar-refractivity contribution in [3.05, 3.63) is 48.2 Å². The summed E-state index contributed by atoms with van der Waals surface area (Å²) >= 11 is 0. The third kappa shape index (κ3) is 2.44. The van der Waals surface area contributed by atoms with Crippen molar-refractivity contribution in [1.82, 2.24) is 10.2 Å². The molecule has 3 N–H and O–H groups in total. The molecule has 92 valence electrons. The molecule has 0 aliphatic heterocycles. The number of carbonyl (C=O) groups excluding carboxylic acids is 1. The Kier molecular flexibility index (Phi) is 3.49. The van der Waals surface area contributed by atoms with E-state index in [-0.39, 0.29) is 11.6 Å². The summed E-state index contributed by atoms with van der Waals surface area (Å²) in [6.45, 7) is 0. The van der Waals surface area contributed by atoms with Crippen molar-refractivity contribution < 1.29 is 4.79 Å². The van der Waals surface area contributed by atoms with Gasteiger partial charge in [0, 0.05) is 12.7 Å². The number of amides is 1. The van der Waals surface area contributed by atoms with Crippen molar-refractivity contribution in [2.24, 2.45) is 5.84 Å². The predicted octanol–water partition coefficient (Wildman–Crippen LogP) is 1.04. The normalized spacial score (nSPS) is 9.89. The van der Waals surface area contributed by atoms with Crippen molar-refractivity contribution >= 4 is 17.4 Å². The first kappa shape index (κ1) is 12.0. The minimum Gasteiger partial charge on any atom is -0.310 e. The van der Waals surface area contributed by atoms with Gasteiger partial charge in [-0.25, -0.2) is 5.84 Å². The Morgan fingerprint density at radius 1 is 1.17 bits per heavy atom. The van der Waals surface area contributed by atoms with E-state index >= 15 is 0 Å². The van der Waals surface area contributed by atoms with Gasteiger partial charge in [0.15, 0.2) is 11.5 Å². The quantitative estimate of drug-likeness (QED) is 0.621. The number of nitrogens with one attached hydrogen (secondary N) is 1. The molecule has 2 rings (SSSR count). The highest BCUT2D eigenvalue weighted by atomic mass is 16.2. The van der Waals surface area contributed by atoms with Gasteiger partial charge in [-0.2, -0.15) is 0 Å². The van der Waals surface area contributed by atoms with Crippen molar-refractivity contribution in [1.29, 1.82) is 0 Å². The third-order valence-electron chi connectivity index (χ3n) is 2.48. The molecule has 0 atom stereocenters. The summed E-state index contributed by atoms with van der Waals surface area (Å²) in [5.41, 5.74) is 3.42. The van der Waals surface area contributed by atoms with Gasteiger partial charge in [-0.05, 0) is 24.3 Å². The molecular formula is C12H13N5O. The molecule has 2 aromatic rings. The Bertz CT molecular complexity index is 526. The molecule has 0 saturated carbocycles. The Morgan fingerprint density at radius 2 is 1.89 bits per heavy atom. The van der Waals surface area contributed by atoms with Crippen molar-refractivity contribution in [3.63, 3.8) is 0 Å². The van der Waals surface area contributed by atoms with Crippen LogP contribution >= 0.6 is 0 Å². The van der Waals surface area contributed by atoms with Crippen LogP contribution in [-0.4, -0.2) is 23.2 Å². The second-order valence-electron chi connectivity index (χ2n) is 3.65. The van der Waals surface area contributed by atoms with Gasteiger partial charge in [-0.15, -0.1) is 10.2 Å². The lowest BCUT2D eigenvalue weighted by Crippen LogP contribution is -2.27. The number of benzene rings is 1. The summed E-state index contributed by atoms with van der Waals surface area (Å²) < 4.78 is 0. The molecule has 0 radical (unpaired) electrons. The highest BCUT2D eigenvalue weighted by molar-refractivity contribution is 6.04. The van der Waals surface area contributed by atoms with E-state index in [1.54, 1.807) is 19.2 Å². The van der Waals surface area contributed by atoms with E-state index in [0.29, 0.717) is 5.82 Å². The van der Waals surface area contributed by atoms with Crippen LogP contribution in [0.3, 0.4) is 0 Å². The molecule has 1 heterocycles. The van der Waals surface area contributed by atoms with E-state index in [0.717, 1.165) is 5.69 Å². The van der Waals surface area contributed by atoms with E-state index in [2.05, 4.69) is 15.6 Å². The molecule has 6 nitrogen and oxygen atoms in total. The summed E-state index contributed by atoms with van der Waals surface area (Å²) in [7, 11) is 1.69. The summed E-state index contributed by atoms with van der Waals surface area (Å²) in [6.07, 6.45) is 0. The molecule has 1 amide bonds. The monoisotopic (exact) mass is 243 g/mol. The Labute approximate surface area is 104 Å². The van der Waals surface area contributed by atoms with Crippen molar-refractivity contribution in [2.75, 3.05) is 17.4 Å². The van der Waals surface area contributed by atoms with Gasteiger partial charge in [-0.3, -0.25) is 4.79 Å². The number of anilines is 2. The maximum atomic E-state index is 12.1. The summed E-state index contributed by atoms with van der Waals surface area (Å²) in [5, 5.41) is 7.57. The number of para-hydroxylation sites is 1. The highest BCUT2D eigenvalue weighted by Gasteiger charge is 2.14. The minimum absolute atomic E-state index is 0.225. The first-order valence-corrected chi connectivity index (χ1v) is 5.36. The van der Waals surface area contributed by atoms with Crippen LogP contribution in [0.15, 0.2) is 42.5 Å². The first-order chi connectivity index (χ1) is 8.72. The smallest absolute Gasteiger partial charge is 0.278 e.